The smallest absolute Gasteiger partial charge is 0.335 e. The van der Waals surface area contributed by atoms with Crippen LogP contribution in [0.3, 0.4) is 0 Å². The molecule has 0 aliphatic rings. The van der Waals surface area contributed by atoms with E-state index < -0.39 is 11.5 Å². The Labute approximate surface area is 109 Å². The quantitative estimate of drug-likeness (QED) is 0.774. The van der Waals surface area contributed by atoms with Gasteiger partial charge in [0.1, 0.15) is 5.75 Å². The summed E-state index contributed by atoms with van der Waals surface area (Å²) >= 11 is 0. The number of aromatic nitrogens is 1. The molecule has 2 rings (SSSR count). The summed E-state index contributed by atoms with van der Waals surface area (Å²) in [5, 5.41) is 8.88. The maximum absolute atomic E-state index is 11.8. The molecule has 100 valence electrons. The van der Waals surface area contributed by atoms with Crippen molar-refractivity contribution in [1.82, 2.24) is 4.40 Å². The molecule has 0 saturated carbocycles. The standard InChI is InChI=1S/C13H14N2O4/c14-4-1-5-19-11-3-2-10-6-9(13(17)18)7-12(16)15(10)8-11/h2-3,6-8H,1,4-5,14H2,(H,17,18). The van der Waals surface area contributed by atoms with Crippen molar-refractivity contribution in [3.05, 3.63) is 46.4 Å². The molecular weight excluding hydrogens is 248 g/mol. The van der Waals surface area contributed by atoms with Crippen LogP contribution in [0, 0.1) is 0 Å². The van der Waals surface area contributed by atoms with Gasteiger partial charge in [-0.05, 0) is 31.2 Å². The minimum Gasteiger partial charge on any atom is -0.492 e. The molecule has 0 spiro atoms. The van der Waals surface area contributed by atoms with Gasteiger partial charge in [0.2, 0.25) is 0 Å². The van der Waals surface area contributed by atoms with Crippen LogP contribution in [0.15, 0.2) is 35.3 Å². The number of fused-ring (bicyclic) bond motifs is 1. The molecule has 0 aromatic carbocycles. The number of nitrogens with zero attached hydrogens (tertiary/aromatic N) is 1. The lowest BCUT2D eigenvalue weighted by Crippen LogP contribution is -2.15. The van der Waals surface area contributed by atoms with E-state index in [4.69, 9.17) is 15.6 Å². The summed E-state index contributed by atoms with van der Waals surface area (Å²) in [5.41, 5.74) is 5.44. The summed E-state index contributed by atoms with van der Waals surface area (Å²) in [6.45, 7) is 1.01. The Kier molecular flexibility index (Phi) is 3.82. The number of hydrogen-bond acceptors (Lipinski definition) is 4. The lowest BCUT2D eigenvalue weighted by Gasteiger charge is -2.07. The van der Waals surface area contributed by atoms with Crippen LogP contribution in [0.1, 0.15) is 16.8 Å². The molecule has 2 heterocycles. The highest BCUT2D eigenvalue weighted by Crippen LogP contribution is 2.13. The number of rotatable bonds is 5. The first-order chi connectivity index (χ1) is 9.11. The van der Waals surface area contributed by atoms with Gasteiger partial charge in [-0.25, -0.2) is 4.79 Å². The van der Waals surface area contributed by atoms with Gasteiger partial charge in [-0.1, -0.05) is 0 Å². The second-order valence-corrected chi connectivity index (χ2v) is 4.04. The molecule has 0 atom stereocenters. The Morgan fingerprint density at radius 1 is 1.37 bits per heavy atom. The molecule has 3 N–H and O–H groups in total. The van der Waals surface area contributed by atoms with E-state index in [2.05, 4.69) is 0 Å². The molecule has 0 fully saturated rings. The SMILES string of the molecule is NCCCOc1ccc2cc(C(=O)O)cc(=O)n2c1. The van der Waals surface area contributed by atoms with E-state index in [0.717, 1.165) is 12.5 Å². The van der Waals surface area contributed by atoms with Crippen molar-refractivity contribution in [3.63, 3.8) is 0 Å². The van der Waals surface area contributed by atoms with Crippen molar-refractivity contribution in [2.75, 3.05) is 13.2 Å². The molecule has 0 bridgehead atoms. The first kappa shape index (κ1) is 13.1. The van der Waals surface area contributed by atoms with E-state index in [0.29, 0.717) is 24.4 Å². The lowest BCUT2D eigenvalue weighted by atomic mass is 10.2. The molecule has 0 radical (unpaired) electrons. The zero-order valence-corrected chi connectivity index (χ0v) is 10.2. The Morgan fingerprint density at radius 3 is 2.84 bits per heavy atom. The highest BCUT2D eigenvalue weighted by molar-refractivity contribution is 5.88. The monoisotopic (exact) mass is 262 g/mol. The molecule has 19 heavy (non-hydrogen) atoms. The van der Waals surface area contributed by atoms with Crippen LogP contribution in [-0.4, -0.2) is 28.6 Å². The van der Waals surface area contributed by atoms with Gasteiger partial charge in [-0.15, -0.1) is 0 Å². The van der Waals surface area contributed by atoms with Crippen LogP contribution in [-0.2, 0) is 0 Å². The average Bonchev–Trinajstić information content (AvgIpc) is 2.39. The number of carbonyl (C=O) groups is 1. The zero-order valence-electron chi connectivity index (χ0n) is 10.2. The predicted molar refractivity (Wildman–Crippen MR) is 69.8 cm³/mol. The first-order valence-electron chi connectivity index (χ1n) is 5.84. The Balaban J connectivity index is 2.38. The van der Waals surface area contributed by atoms with Gasteiger partial charge in [0.15, 0.2) is 0 Å². The van der Waals surface area contributed by atoms with Crippen molar-refractivity contribution < 1.29 is 14.6 Å². The Hall–Kier alpha value is -2.34. The first-order valence-corrected chi connectivity index (χ1v) is 5.84. The number of ether oxygens (including phenoxy) is 1. The molecule has 0 aliphatic carbocycles. The summed E-state index contributed by atoms with van der Waals surface area (Å²) in [7, 11) is 0. The van der Waals surface area contributed by atoms with Crippen molar-refractivity contribution in [2.24, 2.45) is 5.73 Å². The van der Waals surface area contributed by atoms with Crippen LogP contribution in [0.25, 0.3) is 5.52 Å². The minimum absolute atomic E-state index is 0.0261. The number of carboxylic acid groups (broad SMARTS) is 1. The number of carboxylic acids is 1. The molecule has 2 aromatic rings. The van der Waals surface area contributed by atoms with Gasteiger partial charge in [-0.2, -0.15) is 0 Å². The fourth-order valence-corrected chi connectivity index (χ4v) is 1.69. The molecule has 0 unspecified atom stereocenters. The Morgan fingerprint density at radius 2 is 2.16 bits per heavy atom. The molecule has 6 nitrogen and oxygen atoms in total. The Bertz CT molecular complexity index is 663. The molecule has 6 heteroatoms. The molecule has 0 aliphatic heterocycles. The molecule has 2 aromatic heterocycles. The van der Waals surface area contributed by atoms with E-state index in [-0.39, 0.29) is 5.56 Å². The van der Waals surface area contributed by atoms with Crippen molar-refractivity contribution in [1.29, 1.82) is 0 Å². The van der Waals surface area contributed by atoms with Gasteiger partial charge in [0.25, 0.3) is 5.56 Å². The fraction of sp³-hybridized carbons (Fsp3) is 0.231. The highest BCUT2D eigenvalue weighted by Gasteiger charge is 2.07. The maximum Gasteiger partial charge on any atom is 0.335 e. The lowest BCUT2D eigenvalue weighted by molar-refractivity contribution is 0.0696. The summed E-state index contributed by atoms with van der Waals surface area (Å²) in [4.78, 5) is 22.7. The average molecular weight is 262 g/mol. The largest absolute Gasteiger partial charge is 0.492 e. The van der Waals surface area contributed by atoms with Crippen LogP contribution in [0.5, 0.6) is 5.75 Å². The second-order valence-electron chi connectivity index (χ2n) is 4.04. The topological polar surface area (TPSA) is 94.0 Å². The van der Waals surface area contributed by atoms with Crippen molar-refractivity contribution in [2.45, 2.75) is 6.42 Å². The molecular formula is C13H14N2O4. The summed E-state index contributed by atoms with van der Waals surface area (Å²) in [6.07, 6.45) is 2.27. The van der Waals surface area contributed by atoms with E-state index >= 15 is 0 Å². The number of nitrogens with two attached hydrogens (primary N) is 1. The number of hydrogen-bond donors (Lipinski definition) is 2. The number of aromatic carboxylic acids is 1. The summed E-state index contributed by atoms with van der Waals surface area (Å²) in [5.74, 6) is -0.575. The normalized spacial score (nSPS) is 10.6. The van der Waals surface area contributed by atoms with Gasteiger partial charge in [0.05, 0.1) is 18.4 Å². The number of pyridine rings is 2. The van der Waals surface area contributed by atoms with E-state index in [1.54, 1.807) is 18.3 Å². The van der Waals surface area contributed by atoms with Crippen molar-refractivity contribution >= 4 is 11.5 Å². The van der Waals surface area contributed by atoms with Crippen LogP contribution < -0.4 is 16.0 Å². The van der Waals surface area contributed by atoms with Crippen LogP contribution in [0.2, 0.25) is 0 Å². The summed E-state index contributed by atoms with van der Waals surface area (Å²) < 4.78 is 6.78. The summed E-state index contributed by atoms with van der Waals surface area (Å²) in [6, 6.07) is 5.86. The highest BCUT2D eigenvalue weighted by atomic mass is 16.5. The minimum atomic E-state index is -1.12. The third-order valence-electron chi connectivity index (χ3n) is 2.64. The molecule has 0 saturated heterocycles. The van der Waals surface area contributed by atoms with E-state index in [1.165, 1.54) is 10.5 Å². The zero-order chi connectivity index (χ0) is 13.8. The van der Waals surface area contributed by atoms with Gasteiger partial charge in [0, 0.05) is 11.6 Å². The third kappa shape index (κ3) is 2.92. The predicted octanol–water partition coefficient (Wildman–Crippen LogP) is 0.725. The van der Waals surface area contributed by atoms with E-state index in [9.17, 15) is 9.59 Å². The van der Waals surface area contributed by atoms with Gasteiger partial charge in [-0.3, -0.25) is 9.20 Å². The third-order valence-corrected chi connectivity index (χ3v) is 2.64. The maximum atomic E-state index is 11.8. The van der Waals surface area contributed by atoms with Gasteiger partial charge >= 0.3 is 5.97 Å². The van der Waals surface area contributed by atoms with Gasteiger partial charge < -0.3 is 15.6 Å². The second kappa shape index (κ2) is 5.53. The van der Waals surface area contributed by atoms with Crippen LogP contribution in [0.4, 0.5) is 0 Å². The van der Waals surface area contributed by atoms with E-state index in [1.807, 2.05) is 0 Å². The van der Waals surface area contributed by atoms with Crippen LogP contribution >= 0.6 is 0 Å². The van der Waals surface area contributed by atoms with Crippen molar-refractivity contribution in [3.8, 4) is 5.75 Å². The fourth-order valence-electron chi connectivity index (χ4n) is 1.69. The molecule has 0 amide bonds.